The van der Waals surface area contributed by atoms with Gasteiger partial charge in [-0.2, -0.15) is 11.8 Å². The summed E-state index contributed by atoms with van der Waals surface area (Å²) in [7, 11) is 0. The van der Waals surface area contributed by atoms with Crippen molar-refractivity contribution < 1.29 is 0 Å². The van der Waals surface area contributed by atoms with Crippen molar-refractivity contribution in [2.75, 3.05) is 31.9 Å². The highest BCUT2D eigenvalue weighted by Gasteiger charge is 2.24. The zero-order valence-corrected chi connectivity index (χ0v) is 19.2. The third kappa shape index (κ3) is 6.71. The van der Waals surface area contributed by atoms with Crippen molar-refractivity contribution in [3.05, 3.63) is 16.1 Å². The molecule has 0 amide bonds. The molecule has 1 aromatic heterocycles. The number of guanidine groups is 1. The molecule has 2 heterocycles. The van der Waals surface area contributed by atoms with E-state index in [0.29, 0.717) is 11.2 Å². The third-order valence-corrected chi connectivity index (χ3v) is 6.75. The van der Waals surface area contributed by atoms with Gasteiger partial charge in [-0.1, -0.05) is 20.8 Å². The fourth-order valence-corrected chi connectivity index (χ4v) is 4.73. The first kappa shape index (κ1) is 22.0. The van der Waals surface area contributed by atoms with E-state index in [9.17, 15) is 0 Å². The molecule has 138 valence electrons. The average Bonchev–Trinajstić information content (AvgIpc) is 3.02. The van der Waals surface area contributed by atoms with Crippen LogP contribution in [-0.4, -0.2) is 53.0 Å². The summed E-state index contributed by atoms with van der Waals surface area (Å²) < 4.78 is 0. The number of halogens is 1. The summed E-state index contributed by atoms with van der Waals surface area (Å²) in [5.41, 5.74) is 0. The minimum atomic E-state index is 0. The van der Waals surface area contributed by atoms with Crippen LogP contribution in [0, 0.1) is 5.92 Å². The maximum absolute atomic E-state index is 4.85. The molecule has 1 atom stereocenters. The van der Waals surface area contributed by atoms with Crippen molar-refractivity contribution in [1.29, 1.82) is 0 Å². The molecule has 1 unspecified atom stereocenters. The lowest BCUT2D eigenvalue weighted by atomic mass is 10.1. The molecule has 4 nitrogen and oxygen atoms in total. The van der Waals surface area contributed by atoms with Crippen molar-refractivity contribution in [2.24, 2.45) is 10.9 Å². The maximum Gasteiger partial charge on any atom is 0.193 e. The average molecular weight is 483 g/mol. The van der Waals surface area contributed by atoms with Crippen LogP contribution in [0.1, 0.15) is 37.6 Å². The SMILES string of the molecule is CCNC(=NCCc1ncc(CC)s1)N1CCSC(C(C)C)C1.I. The molecular weight excluding hydrogens is 451 g/mol. The Bertz CT molecular complexity index is 505. The quantitative estimate of drug-likeness (QED) is 0.379. The Balaban J connectivity index is 0.00000288. The monoisotopic (exact) mass is 482 g/mol. The Hall–Kier alpha value is -0.0200. The molecule has 1 aliphatic heterocycles. The van der Waals surface area contributed by atoms with E-state index >= 15 is 0 Å². The van der Waals surface area contributed by atoms with Crippen LogP contribution >= 0.6 is 47.1 Å². The molecule has 0 saturated carbocycles. The van der Waals surface area contributed by atoms with Crippen LogP contribution in [-0.2, 0) is 12.8 Å². The second-order valence-corrected chi connectivity index (χ2v) is 8.71. The van der Waals surface area contributed by atoms with E-state index in [4.69, 9.17) is 4.99 Å². The van der Waals surface area contributed by atoms with Crippen LogP contribution in [0.15, 0.2) is 11.2 Å². The Labute approximate surface area is 172 Å². The third-order valence-electron chi connectivity index (χ3n) is 4.01. The number of hydrogen-bond acceptors (Lipinski definition) is 4. The molecular formula is C17H31IN4S2. The summed E-state index contributed by atoms with van der Waals surface area (Å²) in [6, 6.07) is 0. The van der Waals surface area contributed by atoms with Crippen molar-refractivity contribution in [2.45, 2.75) is 45.8 Å². The summed E-state index contributed by atoms with van der Waals surface area (Å²) in [6.45, 7) is 12.9. The summed E-state index contributed by atoms with van der Waals surface area (Å²) in [5, 5.41) is 5.38. The van der Waals surface area contributed by atoms with Crippen LogP contribution in [0.2, 0.25) is 0 Å². The molecule has 1 N–H and O–H groups in total. The van der Waals surface area contributed by atoms with E-state index in [2.05, 4.69) is 54.7 Å². The number of thiazole rings is 1. The van der Waals surface area contributed by atoms with Gasteiger partial charge in [-0.05, 0) is 19.3 Å². The maximum atomic E-state index is 4.85. The number of thioether (sulfide) groups is 1. The molecule has 0 bridgehead atoms. The van der Waals surface area contributed by atoms with Gasteiger partial charge in [-0.25, -0.2) is 4.98 Å². The van der Waals surface area contributed by atoms with Gasteiger partial charge in [-0.15, -0.1) is 35.3 Å². The van der Waals surface area contributed by atoms with E-state index in [1.165, 1.54) is 15.6 Å². The fourth-order valence-electron chi connectivity index (χ4n) is 2.58. The van der Waals surface area contributed by atoms with Crippen molar-refractivity contribution in [1.82, 2.24) is 15.2 Å². The van der Waals surface area contributed by atoms with Crippen LogP contribution in [0.3, 0.4) is 0 Å². The minimum Gasteiger partial charge on any atom is -0.357 e. The molecule has 2 rings (SSSR count). The highest BCUT2D eigenvalue weighted by Crippen LogP contribution is 2.24. The highest BCUT2D eigenvalue weighted by atomic mass is 127. The number of nitrogens with one attached hydrogen (secondary N) is 1. The Morgan fingerprint density at radius 2 is 2.25 bits per heavy atom. The van der Waals surface area contributed by atoms with Gasteiger partial charge in [0.2, 0.25) is 0 Å². The molecule has 1 saturated heterocycles. The summed E-state index contributed by atoms with van der Waals surface area (Å²) in [5.74, 6) is 2.98. The molecule has 0 spiro atoms. The Kier molecular flexibility index (Phi) is 10.6. The number of aromatic nitrogens is 1. The molecule has 1 fully saturated rings. The van der Waals surface area contributed by atoms with Gasteiger partial charge < -0.3 is 10.2 Å². The van der Waals surface area contributed by atoms with Crippen LogP contribution in [0.25, 0.3) is 0 Å². The van der Waals surface area contributed by atoms with Gasteiger partial charge in [0, 0.05) is 54.7 Å². The van der Waals surface area contributed by atoms with Gasteiger partial charge in [-0.3, -0.25) is 4.99 Å². The summed E-state index contributed by atoms with van der Waals surface area (Å²) >= 11 is 3.92. The van der Waals surface area contributed by atoms with Crippen LogP contribution in [0.5, 0.6) is 0 Å². The zero-order chi connectivity index (χ0) is 16.7. The fraction of sp³-hybridized carbons (Fsp3) is 0.765. The van der Waals surface area contributed by atoms with E-state index in [1.807, 2.05) is 17.5 Å². The largest absolute Gasteiger partial charge is 0.357 e. The van der Waals surface area contributed by atoms with Crippen molar-refractivity contribution >= 4 is 53.0 Å². The first-order valence-electron chi connectivity index (χ1n) is 8.72. The second kappa shape index (κ2) is 11.6. The minimum absolute atomic E-state index is 0. The number of nitrogens with zero attached hydrogens (tertiary/aromatic N) is 3. The topological polar surface area (TPSA) is 40.5 Å². The van der Waals surface area contributed by atoms with Gasteiger partial charge in [0.1, 0.15) is 0 Å². The standard InChI is InChI=1S/C17H30N4S2.HI/c1-5-14-11-20-16(23-14)7-8-19-17(18-6-2)21-9-10-22-15(12-21)13(3)4;/h11,13,15H,5-10,12H2,1-4H3,(H,18,19);1H. The molecule has 7 heteroatoms. The van der Waals surface area contributed by atoms with E-state index in [0.717, 1.165) is 45.0 Å². The second-order valence-electron chi connectivity index (χ2n) is 6.16. The molecule has 0 aromatic carbocycles. The first-order chi connectivity index (χ1) is 11.1. The number of hydrogen-bond donors (Lipinski definition) is 1. The lowest BCUT2D eigenvalue weighted by Gasteiger charge is -2.36. The summed E-state index contributed by atoms with van der Waals surface area (Å²) in [6.07, 6.45) is 4.02. The molecule has 1 aromatic rings. The predicted octanol–water partition coefficient (Wildman–Crippen LogP) is 3.90. The number of rotatable bonds is 6. The van der Waals surface area contributed by atoms with Crippen molar-refractivity contribution in [3.8, 4) is 0 Å². The smallest absolute Gasteiger partial charge is 0.193 e. The number of aliphatic imine (C=N–C) groups is 1. The predicted molar refractivity (Wildman–Crippen MR) is 119 cm³/mol. The lowest BCUT2D eigenvalue weighted by Crippen LogP contribution is -2.49. The van der Waals surface area contributed by atoms with Gasteiger partial charge in [0.25, 0.3) is 0 Å². The summed E-state index contributed by atoms with van der Waals surface area (Å²) in [4.78, 5) is 13.1. The molecule has 0 radical (unpaired) electrons. The van der Waals surface area contributed by atoms with Gasteiger partial charge >= 0.3 is 0 Å². The zero-order valence-electron chi connectivity index (χ0n) is 15.2. The molecule has 0 aliphatic carbocycles. The molecule has 24 heavy (non-hydrogen) atoms. The Morgan fingerprint density at radius 3 is 2.88 bits per heavy atom. The number of aryl methyl sites for hydroxylation is 1. The van der Waals surface area contributed by atoms with Gasteiger partial charge in [0.15, 0.2) is 5.96 Å². The lowest BCUT2D eigenvalue weighted by molar-refractivity contribution is 0.381. The van der Waals surface area contributed by atoms with E-state index in [-0.39, 0.29) is 24.0 Å². The van der Waals surface area contributed by atoms with Crippen LogP contribution < -0.4 is 5.32 Å². The van der Waals surface area contributed by atoms with E-state index in [1.54, 1.807) is 0 Å². The normalized spacial score (nSPS) is 18.6. The van der Waals surface area contributed by atoms with E-state index < -0.39 is 0 Å². The van der Waals surface area contributed by atoms with Gasteiger partial charge in [0.05, 0.1) is 5.01 Å². The molecule has 1 aliphatic rings. The highest BCUT2D eigenvalue weighted by molar-refractivity contribution is 14.0. The first-order valence-corrected chi connectivity index (χ1v) is 10.6. The van der Waals surface area contributed by atoms with Crippen LogP contribution in [0.4, 0.5) is 0 Å². The Morgan fingerprint density at radius 1 is 1.46 bits per heavy atom. The van der Waals surface area contributed by atoms with Crippen molar-refractivity contribution in [3.63, 3.8) is 0 Å².